The third-order valence-corrected chi connectivity index (χ3v) is 6.87. The van der Waals surface area contributed by atoms with Crippen molar-refractivity contribution in [2.24, 2.45) is 0 Å². The highest BCUT2D eigenvalue weighted by Gasteiger charge is 2.23. The number of nitrogens with zero attached hydrogens (tertiary/aromatic N) is 3. The fraction of sp³-hybridized carbons (Fsp3) is 0.231. The van der Waals surface area contributed by atoms with Gasteiger partial charge in [-0.15, -0.1) is 0 Å². The fourth-order valence-electron chi connectivity index (χ4n) is 4.24. The van der Waals surface area contributed by atoms with Crippen LogP contribution in [0.1, 0.15) is 36.5 Å². The van der Waals surface area contributed by atoms with Crippen molar-refractivity contribution in [3.8, 4) is 11.4 Å². The fourth-order valence-corrected chi connectivity index (χ4v) is 5.21. The van der Waals surface area contributed by atoms with Gasteiger partial charge in [-0.2, -0.15) is 0 Å². The predicted octanol–water partition coefficient (Wildman–Crippen LogP) is 5.58. The number of hydrogen-bond acceptors (Lipinski definition) is 7. The molecule has 8 nitrogen and oxygen atoms in total. The average molecular weight is 490 g/mol. The number of non-ortho nitro benzene ring substituents is 1. The Bertz CT molecular complexity index is 1500. The second kappa shape index (κ2) is 9.52. The minimum Gasteiger partial charge on any atom is -0.467 e. The van der Waals surface area contributed by atoms with Crippen LogP contribution in [0.15, 0.2) is 70.6 Å². The van der Waals surface area contributed by atoms with E-state index in [0.29, 0.717) is 38.7 Å². The van der Waals surface area contributed by atoms with Crippen LogP contribution in [-0.4, -0.2) is 21.3 Å². The zero-order valence-corrected chi connectivity index (χ0v) is 20.1. The van der Waals surface area contributed by atoms with E-state index in [9.17, 15) is 14.9 Å². The molecule has 0 aliphatic carbocycles. The van der Waals surface area contributed by atoms with Gasteiger partial charge in [0.05, 0.1) is 28.1 Å². The Kier molecular flexibility index (Phi) is 6.27. The van der Waals surface area contributed by atoms with Gasteiger partial charge in [0.25, 0.3) is 11.2 Å². The molecule has 0 bridgehead atoms. The molecule has 0 fully saturated rings. The topological polar surface area (TPSA) is 96.5 Å². The molecule has 2 heterocycles. The zero-order valence-electron chi connectivity index (χ0n) is 19.3. The van der Waals surface area contributed by atoms with Crippen molar-refractivity contribution in [3.63, 3.8) is 0 Å². The van der Waals surface area contributed by atoms with Crippen molar-refractivity contribution in [2.45, 2.75) is 37.3 Å². The molecular weight excluding hydrogens is 466 g/mol. The molecule has 0 radical (unpaired) electrons. The molecule has 9 heteroatoms. The van der Waals surface area contributed by atoms with Gasteiger partial charge in [0.1, 0.15) is 5.75 Å². The number of benzene rings is 3. The summed E-state index contributed by atoms with van der Waals surface area (Å²) in [5.74, 6) is 1.12. The molecule has 1 aliphatic heterocycles. The minimum atomic E-state index is -0.424. The van der Waals surface area contributed by atoms with Gasteiger partial charge in [0.15, 0.2) is 11.9 Å². The van der Waals surface area contributed by atoms with Gasteiger partial charge in [0, 0.05) is 29.0 Å². The van der Waals surface area contributed by atoms with E-state index in [4.69, 9.17) is 14.5 Å². The monoisotopic (exact) mass is 489 g/mol. The summed E-state index contributed by atoms with van der Waals surface area (Å²) in [5.41, 5.74) is 3.52. The minimum absolute atomic E-state index is 0.0255. The number of fused-ring (bicyclic) bond motifs is 2. The second-order valence-electron chi connectivity index (χ2n) is 8.52. The highest BCUT2D eigenvalue weighted by Crippen LogP contribution is 2.37. The van der Waals surface area contributed by atoms with Crippen LogP contribution >= 0.6 is 11.8 Å². The van der Waals surface area contributed by atoms with Crippen molar-refractivity contribution in [1.82, 2.24) is 9.55 Å². The van der Waals surface area contributed by atoms with Crippen LogP contribution in [0.2, 0.25) is 0 Å². The summed E-state index contributed by atoms with van der Waals surface area (Å²) in [6, 6.07) is 18.1. The lowest BCUT2D eigenvalue weighted by Crippen LogP contribution is -2.23. The SMILES string of the molecule is CC(C)c1ccccc1-n1c(SCc2cc([N+](=O)[O-])cc3c2OCOC3)nc2ccccc2c1=O. The van der Waals surface area contributed by atoms with E-state index in [0.717, 1.165) is 11.3 Å². The number of nitro benzene ring substituents is 1. The normalized spacial score (nSPS) is 13.0. The summed E-state index contributed by atoms with van der Waals surface area (Å²) in [6.07, 6.45) is 0. The molecule has 5 rings (SSSR count). The summed E-state index contributed by atoms with van der Waals surface area (Å²) < 4.78 is 12.7. The molecule has 0 N–H and O–H groups in total. The van der Waals surface area contributed by atoms with Crippen LogP contribution in [0, 0.1) is 10.1 Å². The van der Waals surface area contributed by atoms with E-state index in [1.165, 1.54) is 23.9 Å². The third-order valence-electron chi connectivity index (χ3n) is 5.88. The number of nitro groups is 1. The predicted molar refractivity (Wildman–Crippen MR) is 134 cm³/mol. The molecule has 1 aliphatic rings. The van der Waals surface area contributed by atoms with Gasteiger partial charge in [-0.1, -0.05) is 55.9 Å². The molecule has 0 spiro atoms. The lowest BCUT2D eigenvalue weighted by Gasteiger charge is -2.21. The first-order chi connectivity index (χ1) is 16.9. The Morgan fingerprint density at radius 3 is 2.71 bits per heavy atom. The maximum Gasteiger partial charge on any atom is 0.270 e. The first kappa shape index (κ1) is 23.1. The quantitative estimate of drug-likeness (QED) is 0.151. The summed E-state index contributed by atoms with van der Waals surface area (Å²) in [4.78, 5) is 29.6. The van der Waals surface area contributed by atoms with Crippen molar-refractivity contribution in [2.75, 3.05) is 6.79 Å². The highest BCUT2D eigenvalue weighted by atomic mass is 32.2. The summed E-state index contributed by atoms with van der Waals surface area (Å²) >= 11 is 1.35. The van der Waals surface area contributed by atoms with Crippen LogP contribution in [0.3, 0.4) is 0 Å². The molecule has 0 amide bonds. The number of thioether (sulfide) groups is 1. The first-order valence-electron chi connectivity index (χ1n) is 11.2. The smallest absolute Gasteiger partial charge is 0.270 e. The Morgan fingerprint density at radius 2 is 1.91 bits per heavy atom. The van der Waals surface area contributed by atoms with Gasteiger partial charge in [-0.3, -0.25) is 19.5 Å². The van der Waals surface area contributed by atoms with Crippen LogP contribution in [0.4, 0.5) is 5.69 Å². The molecule has 35 heavy (non-hydrogen) atoms. The van der Waals surface area contributed by atoms with E-state index in [2.05, 4.69) is 13.8 Å². The first-order valence-corrected chi connectivity index (χ1v) is 12.2. The number of para-hydroxylation sites is 2. The van der Waals surface area contributed by atoms with Crippen molar-refractivity contribution in [3.05, 3.63) is 97.8 Å². The van der Waals surface area contributed by atoms with E-state index in [-0.39, 0.29) is 30.6 Å². The average Bonchev–Trinajstić information content (AvgIpc) is 2.87. The standard InChI is InChI=1S/C26H23N3O5S/c1-16(2)20-7-4-6-10-23(20)28-25(30)21-8-3-5-9-22(21)27-26(28)35-14-18-12-19(29(31)32)11-17-13-33-15-34-24(17)18/h3-12,16H,13-15H2,1-2H3. The van der Waals surface area contributed by atoms with Crippen molar-refractivity contribution >= 4 is 28.4 Å². The van der Waals surface area contributed by atoms with Crippen LogP contribution in [0.5, 0.6) is 5.75 Å². The van der Waals surface area contributed by atoms with Gasteiger partial charge in [0.2, 0.25) is 0 Å². The number of hydrogen-bond donors (Lipinski definition) is 0. The molecule has 0 saturated carbocycles. The van der Waals surface area contributed by atoms with Crippen LogP contribution in [-0.2, 0) is 17.1 Å². The Morgan fingerprint density at radius 1 is 1.14 bits per heavy atom. The zero-order chi connectivity index (χ0) is 24.5. The largest absolute Gasteiger partial charge is 0.467 e. The maximum absolute atomic E-state index is 13.7. The molecular formula is C26H23N3O5S. The van der Waals surface area contributed by atoms with Crippen molar-refractivity contribution in [1.29, 1.82) is 0 Å². The number of ether oxygens (including phenoxy) is 2. The van der Waals surface area contributed by atoms with Gasteiger partial charge in [-0.25, -0.2) is 4.98 Å². The van der Waals surface area contributed by atoms with E-state index in [1.54, 1.807) is 10.6 Å². The molecule has 3 aromatic carbocycles. The van der Waals surface area contributed by atoms with Crippen molar-refractivity contribution < 1.29 is 14.4 Å². The molecule has 0 saturated heterocycles. The number of rotatable bonds is 6. The van der Waals surface area contributed by atoms with Crippen LogP contribution in [0.25, 0.3) is 16.6 Å². The van der Waals surface area contributed by atoms with Gasteiger partial charge < -0.3 is 9.47 Å². The highest BCUT2D eigenvalue weighted by molar-refractivity contribution is 7.98. The van der Waals surface area contributed by atoms with E-state index in [1.807, 2.05) is 42.5 Å². The lowest BCUT2D eigenvalue weighted by atomic mass is 10.0. The second-order valence-corrected chi connectivity index (χ2v) is 9.46. The van der Waals surface area contributed by atoms with E-state index < -0.39 is 4.92 Å². The third kappa shape index (κ3) is 4.40. The summed E-state index contributed by atoms with van der Waals surface area (Å²) in [7, 11) is 0. The molecule has 0 unspecified atom stereocenters. The molecule has 0 atom stereocenters. The Balaban J connectivity index is 1.65. The summed E-state index contributed by atoms with van der Waals surface area (Å²) in [6.45, 7) is 4.50. The Hall–Kier alpha value is -3.69. The van der Waals surface area contributed by atoms with Crippen LogP contribution < -0.4 is 10.3 Å². The molecule has 178 valence electrons. The maximum atomic E-state index is 13.7. The van der Waals surface area contributed by atoms with E-state index >= 15 is 0 Å². The molecule has 4 aromatic rings. The Labute approximate surface area is 205 Å². The van der Waals surface area contributed by atoms with Gasteiger partial charge >= 0.3 is 0 Å². The molecule has 1 aromatic heterocycles. The summed E-state index contributed by atoms with van der Waals surface area (Å²) in [5, 5.41) is 12.5. The lowest BCUT2D eigenvalue weighted by molar-refractivity contribution is -0.385. The van der Waals surface area contributed by atoms with Gasteiger partial charge in [-0.05, 0) is 29.7 Å². The number of aromatic nitrogens is 2.